The molecule has 1 saturated heterocycles. The fraction of sp³-hybridized carbons (Fsp3) is 0.316. The second-order valence-electron chi connectivity index (χ2n) is 6.07. The van der Waals surface area contributed by atoms with E-state index in [-0.39, 0.29) is 17.3 Å². The summed E-state index contributed by atoms with van der Waals surface area (Å²) in [5, 5.41) is 0. The van der Waals surface area contributed by atoms with Crippen LogP contribution in [0.4, 0.5) is 0 Å². The Balaban J connectivity index is 1.64. The highest BCUT2D eigenvalue weighted by molar-refractivity contribution is 7.89. The highest BCUT2D eigenvalue weighted by Gasteiger charge is 2.25. The largest absolute Gasteiger partial charge is 0.426 e. The molecular weight excluding hydrogens is 338 g/mol. The zero-order valence-corrected chi connectivity index (χ0v) is 14.7. The summed E-state index contributed by atoms with van der Waals surface area (Å²) in [4.78, 5) is 12.2. The lowest BCUT2D eigenvalue weighted by Gasteiger charge is -2.25. The molecule has 25 heavy (non-hydrogen) atoms. The molecule has 0 amide bonds. The molecule has 1 heterocycles. The average Bonchev–Trinajstić information content (AvgIpc) is 2.63. The molecule has 1 aliphatic heterocycles. The van der Waals surface area contributed by atoms with Gasteiger partial charge in [0.15, 0.2) is 0 Å². The third-order valence-corrected chi connectivity index (χ3v) is 6.11. The number of hydrogen-bond acceptors (Lipinski definition) is 4. The Morgan fingerprint density at radius 3 is 2.20 bits per heavy atom. The second-order valence-corrected chi connectivity index (χ2v) is 8.01. The number of carbonyl (C=O) groups is 1. The Bertz CT molecular complexity index is 810. The van der Waals surface area contributed by atoms with Gasteiger partial charge < -0.3 is 4.74 Å². The van der Waals surface area contributed by atoms with Crippen LogP contribution in [0.1, 0.15) is 24.8 Å². The average molecular weight is 359 g/mol. The third kappa shape index (κ3) is 4.46. The molecule has 0 aromatic heterocycles. The van der Waals surface area contributed by atoms with Crippen LogP contribution < -0.4 is 4.74 Å². The van der Waals surface area contributed by atoms with Gasteiger partial charge in [-0.05, 0) is 42.7 Å². The van der Waals surface area contributed by atoms with Gasteiger partial charge in [0.2, 0.25) is 10.0 Å². The van der Waals surface area contributed by atoms with Gasteiger partial charge in [0, 0.05) is 13.1 Å². The first kappa shape index (κ1) is 17.6. The smallest absolute Gasteiger partial charge is 0.315 e. The van der Waals surface area contributed by atoms with Gasteiger partial charge >= 0.3 is 5.97 Å². The SMILES string of the molecule is O=C(Cc1ccc(S(=O)(=O)N2CCCCC2)cc1)Oc1ccccc1. The molecule has 0 saturated carbocycles. The number of rotatable bonds is 5. The van der Waals surface area contributed by atoms with Crippen LogP contribution >= 0.6 is 0 Å². The molecule has 3 rings (SSSR count). The summed E-state index contributed by atoms with van der Waals surface area (Å²) in [6.45, 7) is 1.15. The monoisotopic (exact) mass is 359 g/mol. The van der Waals surface area contributed by atoms with E-state index >= 15 is 0 Å². The summed E-state index contributed by atoms with van der Waals surface area (Å²) < 4.78 is 32.0. The summed E-state index contributed by atoms with van der Waals surface area (Å²) in [7, 11) is -3.44. The predicted molar refractivity (Wildman–Crippen MR) is 94.8 cm³/mol. The molecule has 2 aromatic carbocycles. The number of ether oxygens (including phenoxy) is 1. The highest BCUT2D eigenvalue weighted by Crippen LogP contribution is 2.21. The summed E-state index contributed by atoms with van der Waals surface area (Å²) >= 11 is 0. The molecular formula is C19H21NO4S. The van der Waals surface area contributed by atoms with E-state index in [1.807, 2.05) is 6.07 Å². The fourth-order valence-electron chi connectivity index (χ4n) is 2.86. The zero-order valence-electron chi connectivity index (χ0n) is 13.9. The van der Waals surface area contributed by atoms with E-state index in [4.69, 9.17) is 4.74 Å². The highest BCUT2D eigenvalue weighted by atomic mass is 32.2. The Hall–Kier alpha value is -2.18. The molecule has 132 valence electrons. The first-order chi connectivity index (χ1) is 12.1. The van der Waals surface area contributed by atoms with Crippen LogP contribution in [0.2, 0.25) is 0 Å². The Kier molecular flexibility index (Phi) is 5.50. The molecule has 0 radical (unpaired) electrons. The van der Waals surface area contributed by atoms with Crippen molar-refractivity contribution in [3.8, 4) is 5.75 Å². The van der Waals surface area contributed by atoms with E-state index < -0.39 is 10.0 Å². The Morgan fingerprint density at radius 2 is 1.56 bits per heavy atom. The van der Waals surface area contributed by atoms with Gasteiger partial charge in [0.05, 0.1) is 11.3 Å². The van der Waals surface area contributed by atoms with Crippen LogP contribution in [0.25, 0.3) is 0 Å². The van der Waals surface area contributed by atoms with Crippen molar-refractivity contribution in [1.82, 2.24) is 4.31 Å². The molecule has 0 N–H and O–H groups in total. The zero-order chi connectivity index (χ0) is 17.7. The van der Waals surface area contributed by atoms with Crippen molar-refractivity contribution in [2.45, 2.75) is 30.6 Å². The minimum Gasteiger partial charge on any atom is -0.426 e. The van der Waals surface area contributed by atoms with Crippen LogP contribution in [0.15, 0.2) is 59.5 Å². The number of hydrogen-bond donors (Lipinski definition) is 0. The van der Waals surface area contributed by atoms with E-state index in [1.165, 1.54) is 4.31 Å². The number of para-hydroxylation sites is 1. The second kappa shape index (κ2) is 7.80. The van der Waals surface area contributed by atoms with Crippen LogP contribution in [0.5, 0.6) is 5.75 Å². The molecule has 1 fully saturated rings. The molecule has 6 heteroatoms. The topological polar surface area (TPSA) is 63.7 Å². The fourth-order valence-corrected chi connectivity index (χ4v) is 4.37. The van der Waals surface area contributed by atoms with Crippen LogP contribution in [-0.4, -0.2) is 31.8 Å². The van der Waals surface area contributed by atoms with E-state index in [9.17, 15) is 13.2 Å². The molecule has 0 bridgehead atoms. The number of piperidine rings is 1. The molecule has 0 spiro atoms. The van der Waals surface area contributed by atoms with E-state index in [0.29, 0.717) is 18.8 Å². The summed E-state index contributed by atoms with van der Waals surface area (Å²) in [5.41, 5.74) is 0.721. The molecule has 0 atom stereocenters. The third-order valence-electron chi connectivity index (χ3n) is 4.20. The Labute approximate surface area is 148 Å². The summed E-state index contributed by atoms with van der Waals surface area (Å²) in [5.74, 6) is 0.120. The number of sulfonamides is 1. The van der Waals surface area contributed by atoms with Crippen molar-refractivity contribution in [3.63, 3.8) is 0 Å². The van der Waals surface area contributed by atoms with Gasteiger partial charge in [-0.1, -0.05) is 36.8 Å². The van der Waals surface area contributed by atoms with Crippen molar-refractivity contribution >= 4 is 16.0 Å². The summed E-state index contributed by atoms with van der Waals surface area (Å²) in [6, 6.07) is 15.3. The molecule has 1 aliphatic rings. The summed E-state index contributed by atoms with van der Waals surface area (Å²) in [6.07, 6.45) is 2.98. The standard InChI is InChI=1S/C19H21NO4S/c21-19(24-17-7-3-1-4-8-17)15-16-9-11-18(12-10-16)25(22,23)20-13-5-2-6-14-20/h1,3-4,7-12H,2,5-6,13-15H2. The van der Waals surface area contributed by atoms with Gasteiger partial charge in [-0.25, -0.2) is 8.42 Å². The minimum atomic E-state index is -3.44. The van der Waals surface area contributed by atoms with Crippen LogP contribution in [0, 0.1) is 0 Å². The number of carbonyl (C=O) groups excluding carboxylic acids is 1. The lowest BCUT2D eigenvalue weighted by molar-refractivity contribution is -0.133. The molecule has 5 nitrogen and oxygen atoms in total. The van der Waals surface area contributed by atoms with E-state index in [0.717, 1.165) is 24.8 Å². The van der Waals surface area contributed by atoms with Crippen molar-refractivity contribution in [2.24, 2.45) is 0 Å². The van der Waals surface area contributed by atoms with Gasteiger partial charge in [-0.15, -0.1) is 0 Å². The van der Waals surface area contributed by atoms with Crippen molar-refractivity contribution in [1.29, 1.82) is 0 Å². The van der Waals surface area contributed by atoms with Gasteiger partial charge in [0.25, 0.3) is 0 Å². The van der Waals surface area contributed by atoms with Crippen molar-refractivity contribution in [3.05, 3.63) is 60.2 Å². The number of esters is 1. The minimum absolute atomic E-state index is 0.0962. The van der Waals surface area contributed by atoms with Gasteiger partial charge in [0.1, 0.15) is 5.75 Å². The van der Waals surface area contributed by atoms with Crippen molar-refractivity contribution < 1.29 is 17.9 Å². The molecule has 0 unspecified atom stereocenters. The number of benzene rings is 2. The number of nitrogens with zero attached hydrogens (tertiary/aromatic N) is 1. The van der Waals surface area contributed by atoms with Crippen molar-refractivity contribution in [2.75, 3.05) is 13.1 Å². The van der Waals surface area contributed by atoms with Crippen LogP contribution in [-0.2, 0) is 21.2 Å². The quantitative estimate of drug-likeness (QED) is 0.608. The lowest BCUT2D eigenvalue weighted by Crippen LogP contribution is -2.35. The first-order valence-electron chi connectivity index (χ1n) is 8.40. The molecule has 2 aromatic rings. The van der Waals surface area contributed by atoms with Gasteiger partial charge in [-0.2, -0.15) is 4.31 Å². The van der Waals surface area contributed by atoms with Gasteiger partial charge in [-0.3, -0.25) is 4.79 Å². The van der Waals surface area contributed by atoms with E-state index in [1.54, 1.807) is 48.5 Å². The maximum absolute atomic E-state index is 12.6. The van der Waals surface area contributed by atoms with Crippen LogP contribution in [0.3, 0.4) is 0 Å². The lowest BCUT2D eigenvalue weighted by atomic mass is 10.1. The van der Waals surface area contributed by atoms with E-state index in [2.05, 4.69) is 0 Å². The maximum Gasteiger partial charge on any atom is 0.315 e. The normalized spacial score (nSPS) is 15.7. The molecule has 0 aliphatic carbocycles. The predicted octanol–water partition coefficient (Wildman–Crippen LogP) is 3.01. The Morgan fingerprint density at radius 1 is 0.920 bits per heavy atom. The first-order valence-corrected chi connectivity index (χ1v) is 9.84. The maximum atomic E-state index is 12.6.